The van der Waals surface area contributed by atoms with Gasteiger partial charge in [-0.2, -0.15) is 5.26 Å². The molecule has 0 saturated heterocycles. The van der Waals surface area contributed by atoms with Gasteiger partial charge in [0.2, 0.25) is 5.91 Å². The highest BCUT2D eigenvalue weighted by atomic mass is 32.2. The lowest BCUT2D eigenvalue weighted by atomic mass is 10.2. The Morgan fingerprint density at radius 1 is 1.21 bits per heavy atom. The van der Waals surface area contributed by atoms with Crippen LogP contribution in [-0.4, -0.2) is 27.7 Å². The zero-order valence-corrected chi connectivity index (χ0v) is 17.0. The van der Waals surface area contributed by atoms with Crippen LogP contribution in [0.4, 0.5) is 5.69 Å². The molecule has 7 nitrogen and oxygen atoms in total. The molecule has 0 atom stereocenters. The van der Waals surface area contributed by atoms with E-state index >= 15 is 0 Å². The lowest BCUT2D eigenvalue weighted by molar-refractivity contribution is -0.116. The van der Waals surface area contributed by atoms with Crippen molar-refractivity contribution < 1.29 is 9.59 Å². The number of pyridine rings is 1. The number of imidazole rings is 1. The molecule has 0 saturated carbocycles. The van der Waals surface area contributed by atoms with Crippen molar-refractivity contribution in [1.29, 1.82) is 5.26 Å². The number of fused-ring (bicyclic) bond motifs is 1. The first kappa shape index (κ1) is 20.4. The van der Waals surface area contributed by atoms with Gasteiger partial charge in [0, 0.05) is 29.7 Å². The van der Waals surface area contributed by atoms with Gasteiger partial charge in [0.05, 0.1) is 5.69 Å². The van der Waals surface area contributed by atoms with E-state index in [9.17, 15) is 9.59 Å². The normalized spacial score (nSPS) is 10.5. The highest BCUT2D eigenvalue weighted by Gasteiger charge is 2.17. The summed E-state index contributed by atoms with van der Waals surface area (Å²) in [7, 11) is 0. The molecule has 2 heterocycles. The van der Waals surface area contributed by atoms with Crippen molar-refractivity contribution >= 4 is 34.9 Å². The van der Waals surface area contributed by atoms with E-state index in [4.69, 9.17) is 5.26 Å². The number of amides is 2. The Morgan fingerprint density at radius 3 is 2.69 bits per heavy atom. The fraction of sp³-hybridized carbons (Fsp3) is 0.238. The van der Waals surface area contributed by atoms with E-state index in [1.807, 2.05) is 37.6 Å². The average molecular weight is 407 g/mol. The summed E-state index contributed by atoms with van der Waals surface area (Å²) >= 11 is 1.07. The molecule has 0 aliphatic rings. The van der Waals surface area contributed by atoms with Crippen molar-refractivity contribution in [2.24, 2.45) is 0 Å². The second kappa shape index (κ2) is 9.26. The second-order valence-electron chi connectivity index (χ2n) is 6.56. The molecule has 0 aliphatic carbocycles. The van der Waals surface area contributed by atoms with Crippen LogP contribution in [0.2, 0.25) is 0 Å². The predicted molar refractivity (Wildman–Crippen MR) is 113 cm³/mol. The van der Waals surface area contributed by atoms with Crippen molar-refractivity contribution in [1.82, 2.24) is 14.7 Å². The van der Waals surface area contributed by atoms with Crippen LogP contribution in [-0.2, 0) is 4.79 Å². The number of carbonyl (C=O) groups excluding carboxylic acids is 2. The number of rotatable bonds is 7. The smallest absolute Gasteiger partial charge is 0.270 e. The number of carbonyl (C=O) groups is 2. The number of nitrogens with one attached hydrogen (secondary N) is 2. The van der Waals surface area contributed by atoms with Gasteiger partial charge in [0.1, 0.15) is 16.7 Å². The SMILES string of the molecule is Cc1nc2c(C)cccn2c1C(=O)NCCCC(=O)Nc1ccc(SC#N)cc1. The maximum atomic E-state index is 12.6. The van der Waals surface area contributed by atoms with Crippen molar-refractivity contribution in [3.63, 3.8) is 0 Å². The zero-order chi connectivity index (χ0) is 20.8. The Labute approximate surface area is 173 Å². The molecule has 0 aliphatic heterocycles. The van der Waals surface area contributed by atoms with E-state index in [0.717, 1.165) is 27.9 Å². The Bertz CT molecular complexity index is 1080. The van der Waals surface area contributed by atoms with Crippen LogP contribution in [0.5, 0.6) is 0 Å². The largest absolute Gasteiger partial charge is 0.351 e. The van der Waals surface area contributed by atoms with Gasteiger partial charge in [-0.3, -0.25) is 14.0 Å². The summed E-state index contributed by atoms with van der Waals surface area (Å²) in [6.07, 6.45) is 2.64. The Hall–Kier alpha value is -3.31. The van der Waals surface area contributed by atoms with Gasteiger partial charge < -0.3 is 10.6 Å². The maximum absolute atomic E-state index is 12.6. The monoisotopic (exact) mass is 407 g/mol. The number of anilines is 1. The summed E-state index contributed by atoms with van der Waals surface area (Å²) < 4.78 is 1.79. The van der Waals surface area contributed by atoms with E-state index in [1.54, 1.807) is 28.7 Å². The van der Waals surface area contributed by atoms with Gasteiger partial charge >= 0.3 is 0 Å². The Kier molecular flexibility index (Phi) is 6.52. The number of thioether (sulfide) groups is 1. The lowest BCUT2D eigenvalue weighted by Gasteiger charge is -2.08. The fourth-order valence-corrected chi connectivity index (χ4v) is 3.39. The van der Waals surface area contributed by atoms with Gasteiger partial charge in [-0.15, -0.1) is 0 Å². The third kappa shape index (κ3) is 4.95. The summed E-state index contributed by atoms with van der Waals surface area (Å²) in [5, 5.41) is 16.3. The molecule has 0 radical (unpaired) electrons. The summed E-state index contributed by atoms with van der Waals surface area (Å²) in [6, 6.07) is 10.9. The molecule has 2 N–H and O–H groups in total. The minimum atomic E-state index is -0.202. The quantitative estimate of drug-likeness (QED) is 0.354. The van der Waals surface area contributed by atoms with E-state index in [1.165, 1.54) is 0 Å². The van der Waals surface area contributed by atoms with Gasteiger partial charge in [0.25, 0.3) is 5.91 Å². The van der Waals surface area contributed by atoms with Crippen LogP contribution in [0, 0.1) is 24.5 Å². The van der Waals surface area contributed by atoms with E-state index in [-0.39, 0.29) is 11.8 Å². The van der Waals surface area contributed by atoms with E-state index in [0.29, 0.717) is 36.5 Å². The molecule has 8 heteroatoms. The Balaban J connectivity index is 1.48. The molecule has 29 heavy (non-hydrogen) atoms. The van der Waals surface area contributed by atoms with Crippen LogP contribution >= 0.6 is 11.8 Å². The molecule has 0 bridgehead atoms. The van der Waals surface area contributed by atoms with Crippen molar-refractivity contribution in [2.75, 3.05) is 11.9 Å². The van der Waals surface area contributed by atoms with Gasteiger partial charge in [0.15, 0.2) is 0 Å². The third-order valence-electron chi connectivity index (χ3n) is 4.40. The van der Waals surface area contributed by atoms with E-state index < -0.39 is 0 Å². The standard InChI is InChI=1S/C21H21N5O2S/c1-14-5-4-12-26-19(15(2)24-20(14)26)21(28)23-11-3-6-18(27)25-16-7-9-17(10-8-16)29-13-22/h4-5,7-10,12H,3,6,11H2,1-2H3,(H,23,28)(H,25,27). The maximum Gasteiger partial charge on any atom is 0.270 e. The van der Waals surface area contributed by atoms with Crippen molar-refractivity contribution in [2.45, 2.75) is 31.6 Å². The number of nitriles is 1. The van der Waals surface area contributed by atoms with Gasteiger partial charge in [-0.25, -0.2) is 4.98 Å². The molecule has 0 spiro atoms. The molecule has 2 amide bonds. The molecular weight excluding hydrogens is 386 g/mol. The van der Waals surface area contributed by atoms with Gasteiger partial charge in [-0.05, 0) is 67.9 Å². The molecule has 0 fully saturated rings. The number of hydrogen-bond acceptors (Lipinski definition) is 5. The van der Waals surface area contributed by atoms with Crippen LogP contribution in [0.3, 0.4) is 0 Å². The number of thiocyanates is 1. The molecule has 0 unspecified atom stereocenters. The van der Waals surface area contributed by atoms with Crippen molar-refractivity contribution in [3.8, 4) is 5.40 Å². The number of aryl methyl sites for hydroxylation is 2. The fourth-order valence-electron chi connectivity index (χ4n) is 3.01. The summed E-state index contributed by atoms with van der Waals surface area (Å²) in [6.45, 7) is 4.16. The third-order valence-corrected chi connectivity index (χ3v) is 5.00. The molecular formula is C21H21N5O2S. The van der Waals surface area contributed by atoms with E-state index in [2.05, 4.69) is 15.6 Å². The second-order valence-corrected chi connectivity index (χ2v) is 7.41. The summed E-state index contributed by atoms with van der Waals surface area (Å²) in [5.41, 5.74) is 3.65. The van der Waals surface area contributed by atoms with Crippen LogP contribution in [0.25, 0.3) is 5.65 Å². The highest BCUT2D eigenvalue weighted by Crippen LogP contribution is 2.19. The molecule has 3 aromatic rings. The number of hydrogen-bond donors (Lipinski definition) is 2. The first-order chi connectivity index (χ1) is 14.0. The minimum absolute atomic E-state index is 0.124. The summed E-state index contributed by atoms with van der Waals surface area (Å²) in [5.74, 6) is -0.326. The first-order valence-corrected chi connectivity index (χ1v) is 9.99. The molecule has 2 aromatic heterocycles. The molecule has 1 aromatic carbocycles. The lowest BCUT2D eigenvalue weighted by Crippen LogP contribution is -2.27. The average Bonchev–Trinajstić information content (AvgIpc) is 3.04. The minimum Gasteiger partial charge on any atom is -0.351 e. The van der Waals surface area contributed by atoms with Crippen LogP contribution < -0.4 is 10.6 Å². The van der Waals surface area contributed by atoms with Crippen LogP contribution in [0.15, 0.2) is 47.5 Å². The van der Waals surface area contributed by atoms with Crippen LogP contribution in [0.1, 0.15) is 34.6 Å². The molecule has 148 valence electrons. The highest BCUT2D eigenvalue weighted by molar-refractivity contribution is 8.03. The number of benzene rings is 1. The number of aromatic nitrogens is 2. The Morgan fingerprint density at radius 2 is 1.97 bits per heavy atom. The zero-order valence-electron chi connectivity index (χ0n) is 16.2. The predicted octanol–water partition coefficient (Wildman–Crippen LogP) is 3.67. The summed E-state index contributed by atoms with van der Waals surface area (Å²) in [4.78, 5) is 29.9. The van der Waals surface area contributed by atoms with Gasteiger partial charge in [-0.1, -0.05) is 6.07 Å². The topological polar surface area (TPSA) is 99.3 Å². The molecule has 3 rings (SSSR count). The van der Waals surface area contributed by atoms with Crippen molar-refractivity contribution in [3.05, 3.63) is 59.5 Å². The number of nitrogens with zero attached hydrogens (tertiary/aromatic N) is 3. The first-order valence-electron chi connectivity index (χ1n) is 9.18.